The predicted octanol–water partition coefficient (Wildman–Crippen LogP) is 5.12. The summed E-state index contributed by atoms with van der Waals surface area (Å²) < 4.78 is 48.7. The number of rotatable bonds is 12. The van der Waals surface area contributed by atoms with E-state index in [-0.39, 0.29) is 53.2 Å². The van der Waals surface area contributed by atoms with E-state index in [4.69, 9.17) is 21.1 Å². The van der Waals surface area contributed by atoms with E-state index in [1.165, 1.54) is 24.4 Å². The summed E-state index contributed by atoms with van der Waals surface area (Å²) in [5.74, 6) is -0.327. The third-order valence-electron chi connectivity index (χ3n) is 6.88. The van der Waals surface area contributed by atoms with E-state index in [2.05, 4.69) is 21.7 Å². The number of ether oxygens (including phenoxy) is 2. The molecule has 15 heteroatoms. The number of benzene rings is 3. The molecule has 0 spiro atoms. The normalized spacial score (nSPS) is 16.0. The van der Waals surface area contributed by atoms with Gasteiger partial charge in [-0.25, -0.2) is 12.8 Å². The topological polar surface area (TPSA) is 171 Å². The summed E-state index contributed by atoms with van der Waals surface area (Å²) in [7, 11) is -2.48. The number of aliphatic hydroxyl groups excluding tert-OH is 2. The lowest BCUT2D eigenvalue weighted by molar-refractivity contribution is -0.116. The number of nitrogens with zero attached hydrogens (tertiary/aromatic N) is 2. The Morgan fingerprint density at radius 1 is 1.20 bits per heavy atom. The number of aromatic nitrogens is 1. The Kier molecular flexibility index (Phi) is 10.5. The lowest BCUT2D eigenvalue weighted by Crippen LogP contribution is -2.22. The van der Waals surface area contributed by atoms with E-state index in [9.17, 15) is 33.1 Å². The van der Waals surface area contributed by atoms with Gasteiger partial charge in [-0.05, 0) is 59.2 Å². The van der Waals surface area contributed by atoms with Gasteiger partial charge < -0.3 is 30.3 Å². The van der Waals surface area contributed by atoms with Crippen molar-refractivity contribution < 1.29 is 37.3 Å². The number of halogens is 2. The molecule has 11 nitrogen and oxygen atoms in total. The molecule has 0 saturated carbocycles. The first kappa shape index (κ1) is 33.2. The molecule has 240 valence electrons. The van der Waals surface area contributed by atoms with Crippen LogP contribution in [-0.2, 0) is 20.3 Å². The van der Waals surface area contributed by atoms with Crippen LogP contribution in [0, 0.1) is 17.1 Å². The number of fused-ring (bicyclic) bond motifs is 1. The Morgan fingerprint density at radius 2 is 2.02 bits per heavy atom. The standard InChI is InChI=1S/C31H28ClFN4O7S2/c32-25-9-21(4-5-28(25)43-16-18-2-1-3-20(33)8-18)36-31-19(13-34)14-35-26-12-29(44-17-22(39)15-38)27(11-24(26)31)37-30(40)10-23-6-7-46(41,42)45-23/h1-5,8-9,11-12,14,22-23,38-39H,6-7,10,15-17H2,(H,35,36)(H,37,40)/t22-,23+/m0/s1. The fourth-order valence-corrected chi connectivity index (χ4v) is 8.86. The molecule has 0 radical (unpaired) electrons. The average molecular weight is 687 g/mol. The summed E-state index contributed by atoms with van der Waals surface area (Å²) in [6.45, 7) is -0.728. The number of amides is 1. The van der Waals surface area contributed by atoms with Crippen LogP contribution in [0.1, 0.15) is 24.0 Å². The summed E-state index contributed by atoms with van der Waals surface area (Å²) in [6.07, 6.45) is 0.473. The number of hydrogen-bond donors (Lipinski definition) is 4. The van der Waals surface area contributed by atoms with Gasteiger partial charge in [0.2, 0.25) is 14.8 Å². The monoisotopic (exact) mass is 686 g/mol. The second-order valence-electron chi connectivity index (χ2n) is 10.4. The lowest BCUT2D eigenvalue weighted by Gasteiger charge is -2.18. The molecule has 0 aliphatic carbocycles. The molecule has 1 fully saturated rings. The van der Waals surface area contributed by atoms with Crippen molar-refractivity contribution in [2.45, 2.75) is 30.8 Å². The second kappa shape index (κ2) is 14.5. The second-order valence-corrected chi connectivity index (χ2v) is 15.3. The molecule has 0 unspecified atom stereocenters. The van der Waals surface area contributed by atoms with Crippen molar-refractivity contribution >= 4 is 65.1 Å². The minimum atomic E-state index is -3.26. The van der Waals surface area contributed by atoms with Gasteiger partial charge in [0.1, 0.15) is 42.7 Å². The molecule has 46 heavy (non-hydrogen) atoms. The number of nitriles is 1. The van der Waals surface area contributed by atoms with Gasteiger partial charge in [-0.1, -0.05) is 23.7 Å². The van der Waals surface area contributed by atoms with Crippen molar-refractivity contribution in [3.05, 3.63) is 82.8 Å². The molecular weight excluding hydrogens is 659 g/mol. The van der Waals surface area contributed by atoms with E-state index < -0.39 is 32.7 Å². The Hall–Kier alpha value is -4.13. The first-order chi connectivity index (χ1) is 22.0. The molecule has 2 heterocycles. The van der Waals surface area contributed by atoms with Crippen molar-refractivity contribution in [2.24, 2.45) is 0 Å². The predicted molar refractivity (Wildman–Crippen MR) is 174 cm³/mol. The SMILES string of the molecule is N#Cc1cnc2cc(OC[C@@H](O)CO)c(NC(=O)C[C@H]3CCS(=O)(=O)S3)cc2c1Nc1ccc(OCc2cccc(F)c2)c(Cl)c1. The molecule has 1 aliphatic rings. The van der Waals surface area contributed by atoms with Crippen LogP contribution in [0.2, 0.25) is 5.02 Å². The Labute approximate surface area is 272 Å². The van der Waals surface area contributed by atoms with Gasteiger partial charge in [-0.2, -0.15) is 5.26 Å². The zero-order valence-corrected chi connectivity index (χ0v) is 26.5. The van der Waals surface area contributed by atoms with E-state index in [0.29, 0.717) is 40.0 Å². The van der Waals surface area contributed by atoms with Crippen LogP contribution >= 0.6 is 22.4 Å². The van der Waals surface area contributed by atoms with Gasteiger partial charge in [-0.3, -0.25) is 9.78 Å². The average Bonchev–Trinajstić information content (AvgIpc) is 3.37. The molecule has 0 bridgehead atoms. The summed E-state index contributed by atoms with van der Waals surface area (Å²) in [5, 5.41) is 35.2. The molecule has 3 aromatic carbocycles. The zero-order valence-electron chi connectivity index (χ0n) is 24.1. The highest BCUT2D eigenvalue weighted by atomic mass is 35.5. The van der Waals surface area contributed by atoms with E-state index >= 15 is 0 Å². The van der Waals surface area contributed by atoms with Crippen LogP contribution in [0.15, 0.2) is 60.8 Å². The van der Waals surface area contributed by atoms with E-state index in [1.807, 2.05) is 0 Å². The van der Waals surface area contributed by atoms with Crippen molar-refractivity contribution in [1.29, 1.82) is 5.26 Å². The summed E-state index contributed by atoms with van der Waals surface area (Å²) >= 11 is 6.49. The minimum absolute atomic E-state index is 0.000757. The van der Waals surface area contributed by atoms with Gasteiger partial charge in [0.25, 0.3) is 0 Å². The number of carbonyl (C=O) groups is 1. The first-order valence-corrected chi connectivity index (χ1v) is 17.4. The third kappa shape index (κ3) is 8.36. The molecule has 5 rings (SSSR count). The molecule has 1 saturated heterocycles. The third-order valence-corrected chi connectivity index (χ3v) is 11.1. The zero-order chi connectivity index (χ0) is 32.8. The quantitative estimate of drug-likeness (QED) is 0.146. The Balaban J connectivity index is 1.43. The molecule has 1 amide bonds. The number of nitrogens with one attached hydrogen (secondary N) is 2. The maximum atomic E-state index is 13.5. The number of anilines is 3. The van der Waals surface area contributed by atoms with Crippen molar-refractivity contribution in [1.82, 2.24) is 4.98 Å². The Morgan fingerprint density at radius 3 is 2.72 bits per heavy atom. The van der Waals surface area contributed by atoms with Crippen LogP contribution in [-0.4, -0.2) is 59.8 Å². The molecule has 4 aromatic rings. The molecule has 4 N–H and O–H groups in total. The van der Waals surface area contributed by atoms with Crippen molar-refractivity contribution in [3.8, 4) is 17.6 Å². The molecule has 1 aliphatic heterocycles. The van der Waals surface area contributed by atoms with Crippen LogP contribution in [0.25, 0.3) is 10.9 Å². The van der Waals surface area contributed by atoms with Gasteiger partial charge in [0.05, 0.1) is 39.8 Å². The number of carbonyl (C=O) groups excluding carboxylic acids is 1. The van der Waals surface area contributed by atoms with Gasteiger partial charge in [0, 0.05) is 35.0 Å². The number of aliphatic hydroxyl groups is 2. The number of hydrogen-bond acceptors (Lipinski definition) is 11. The van der Waals surface area contributed by atoms with E-state index in [1.54, 1.807) is 36.4 Å². The van der Waals surface area contributed by atoms with Gasteiger partial charge in [-0.15, -0.1) is 0 Å². The molecular formula is C31H28ClFN4O7S2. The first-order valence-electron chi connectivity index (χ1n) is 14.0. The lowest BCUT2D eigenvalue weighted by atomic mass is 10.1. The smallest absolute Gasteiger partial charge is 0.225 e. The van der Waals surface area contributed by atoms with Gasteiger partial charge in [0.15, 0.2) is 0 Å². The van der Waals surface area contributed by atoms with Crippen LogP contribution in [0.3, 0.4) is 0 Å². The largest absolute Gasteiger partial charge is 0.489 e. The van der Waals surface area contributed by atoms with Crippen molar-refractivity contribution in [2.75, 3.05) is 29.6 Å². The molecule has 2 atom stereocenters. The fraction of sp³-hybridized carbons (Fsp3) is 0.258. The summed E-state index contributed by atoms with van der Waals surface area (Å²) in [6, 6.07) is 16.1. The van der Waals surface area contributed by atoms with Crippen LogP contribution < -0.4 is 20.1 Å². The van der Waals surface area contributed by atoms with E-state index in [0.717, 1.165) is 10.8 Å². The maximum absolute atomic E-state index is 13.5. The minimum Gasteiger partial charge on any atom is -0.489 e. The van der Waals surface area contributed by atoms with Gasteiger partial charge >= 0.3 is 0 Å². The summed E-state index contributed by atoms with van der Waals surface area (Å²) in [4.78, 5) is 17.4. The van der Waals surface area contributed by atoms with Crippen LogP contribution in [0.4, 0.5) is 21.5 Å². The van der Waals surface area contributed by atoms with Crippen molar-refractivity contribution in [3.63, 3.8) is 0 Å². The summed E-state index contributed by atoms with van der Waals surface area (Å²) in [5.41, 5.74) is 2.24. The van der Waals surface area contributed by atoms with Crippen LogP contribution in [0.5, 0.6) is 11.5 Å². The maximum Gasteiger partial charge on any atom is 0.225 e. The highest BCUT2D eigenvalue weighted by Crippen LogP contribution is 2.38. The highest BCUT2D eigenvalue weighted by molar-refractivity contribution is 8.72. The molecule has 1 aromatic heterocycles. The number of pyridine rings is 1. The Bertz CT molecular complexity index is 1920. The highest BCUT2D eigenvalue weighted by Gasteiger charge is 2.30. The fourth-order valence-electron chi connectivity index (χ4n) is 4.65.